The molecule has 0 atom stereocenters. The highest BCUT2D eigenvalue weighted by Crippen LogP contribution is 2.32. The van der Waals surface area contributed by atoms with Crippen LogP contribution in [0, 0.1) is 13.8 Å². The van der Waals surface area contributed by atoms with Gasteiger partial charge in [0.1, 0.15) is 5.76 Å². The summed E-state index contributed by atoms with van der Waals surface area (Å²) in [6, 6.07) is 0.320. The van der Waals surface area contributed by atoms with Crippen LogP contribution in [0.25, 0.3) is 11.6 Å². The van der Waals surface area contributed by atoms with E-state index in [9.17, 15) is 0 Å². The first-order valence-electron chi connectivity index (χ1n) is 9.17. The van der Waals surface area contributed by atoms with Gasteiger partial charge in [0.2, 0.25) is 5.89 Å². The molecule has 0 aromatic carbocycles. The maximum absolute atomic E-state index is 5.79. The Hall–Kier alpha value is -2.41. The van der Waals surface area contributed by atoms with Crippen molar-refractivity contribution in [1.82, 2.24) is 29.4 Å². The van der Waals surface area contributed by atoms with Gasteiger partial charge in [-0.25, -0.2) is 4.98 Å². The third kappa shape index (κ3) is 2.96. The van der Waals surface area contributed by atoms with Crippen molar-refractivity contribution in [2.75, 3.05) is 6.54 Å². The summed E-state index contributed by atoms with van der Waals surface area (Å²) in [5.74, 6) is 1.43. The zero-order valence-electron chi connectivity index (χ0n) is 16.2. The van der Waals surface area contributed by atoms with E-state index in [1.165, 1.54) is 16.8 Å². The second-order valence-electron chi connectivity index (χ2n) is 7.46. The lowest BCUT2D eigenvalue weighted by molar-refractivity contribution is 0.241. The van der Waals surface area contributed by atoms with E-state index in [1.807, 2.05) is 18.7 Å². The summed E-state index contributed by atoms with van der Waals surface area (Å²) in [5, 5.41) is 9.32. The summed E-state index contributed by atoms with van der Waals surface area (Å²) in [6.45, 7) is 11.1. The van der Waals surface area contributed by atoms with Gasteiger partial charge in [-0.3, -0.25) is 14.3 Å². The van der Waals surface area contributed by atoms with E-state index in [0.717, 1.165) is 43.2 Å². The van der Waals surface area contributed by atoms with Crippen LogP contribution in [0.15, 0.2) is 16.8 Å². The molecule has 0 N–H and O–H groups in total. The van der Waals surface area contributed by atoms with Gasteiger partial charge in [0.15, 0.2) is 5.69 Å². The molecule has 0 amide bonds. The van der Waals surface area contributed by atoms with Crippen molar-refractivity contribution in [2.24, 2.45) is 7.05 Å². The van der Waals surface area contributed by atoms with Crippen LogP contribution in [0.2, 0.25) is 0 Å². The average molecular weight is 354 g/mol. The molecule has 1 aliphatic heterocycles. The molecule has 7 heteroatoms. The van der Waals surface area contributed by atoms with E-state index in [1.54, 1.807) is 6.20 Å². The smallest absolute Gasteiger partial charge is 0.247 e. The van der Waals surface area contributed by atoms with E-state index in [2.05, 4.69) is 46.6 Å². The minimum absolute atomic E-state index is 0.320. The van der Waals surface area contributed by atoms with Crippen LogP contribution in [0.4, 0.5) is 0 Å². The second kappa shape index (κ2) is 6.39. The average Bonchev–Trinajstić information content (AvgIpc) is 3.25. The monoisotopic (exact) mass is 354 g/mol. The molecule has 0 saturated carbocycles. The van der Waals surface area contributed by atoms with Gasteiger partial charge in [-0.2, -0.15) is 10.2 Å². The SMILES string of the molecule is Cc1cnc(-c2nn(C(C)C)c3c2CN(Cc2cn(C)nc2C)CC3)o1. The summed E-state index contributed by atoms with van der Waals surface area (Å²) in [5.41, 5.74) is 5.81. The minimum Gasteiger partial charge on any atom is -0.440 e. The summed E-state index contributed by atoms with van der Waals surface area (Å²) in [7, 11) is 1.97. The molecule has 4 heterocycles. The Bertz CT molecular complexity index is 932. The fourth-order valence-corrected chi connectivity index (χ4v) is 3.74. The van der Waals surface area contributed by atoms with Gasteiger partial charge in [-0.1, -0.05) is 0 Å². The first-order chi connectivity index (χ1) is 12.4. The molecule has 0 saturated heterocycles. The second-order valence-corrected chi connectivity index (χ2v) is 7.46. The first-order valence-corrected chi connectivity index (χ1v) is 9.17. The summed E-state index contributed by atoms with van der Waals surface area (Å²) in [6.07, 6.45) is 4.86. The van der Waals surface area contributed by atoms with Gasteiger partial charge in [0.05, 0.1) is 11.9 Å². The van der Waals surface area contributed by atoms with Crippen LogP contribution in [0.3, 0.4) is 0 Å². The molecule has 7 nitrogen and oxygen atoms in total. The maximum atomic E-state index is 5.79. The number of hydrogen-bond acceptors (Lipinski definition) is 5. The normalized spacial score (nSPS) is 15.0. The van der Waals surface area contributed by atoms with E-state index >= 15 is 0 Å². The van der Waals surface area contributed by atoms with Gasteiger partial charge < -0.3 is 4.42 Å². The van der Waals surface area contributed by atoms with Crippen LogP contribution >= 0.6 is 0 Å². The van der Waals surface area contributed by atoms with Crippen LogP contribution < -0.4 is 0 Å². The third-order valence-corrected chi connectivity index (χ3v) is 4.99. The Kier molecular flexibility index (Phi) is 4.19. The third-order valence-electron chi connectivity index (χ3n) is 4.99. The topological polar surface area (TPSA) is 64.9 Å². The highest BCUT2D eigenvalue weighted by Gasteiger charge is 2.28. The first kappa shape index (κ1) is 17.0. The molecule has 3 aromatic rings. The van der Waals surface area contributed by atoms with Crippen LogP contribution in [-0.2, 0) is 26.6 Å². The molecule has 138 valence electrons. The van der Waals surface area contributed by atoms with E-state index < -0.39 is 0 Å². The largest absolute Gasteiger partial charge is 0.440 e. The Balaban J connectivity index is 1.67. The minimum atomic E-state index is 0.320. The molecule has 0 fully saturated rings. The summed E-state index contributed by atoms with van der Waals surface area (Å²) < 4.78 is 9.81. The molecule has 0 radical (unpaired) electrons. The molecular weight excluding hydrogens is 328 g/mol. The summed E-state index contributed by atoms with van der Waals surface area (Å²) in [4.78, 5) is 6.88. The lowest BCUT2D eigenvalue weighted by Crippen LogP contribution is -2.31. The molecule has 4 rings (SSSR count). The van der Waals surface area contributed by atoms with Crippen LogP contribution in [0.5, 0.6) is 0 Å². The van der Waals surface area contributed by atoms with Gasteiger partial charge in [-0.05, 0) is 27.7 Å². The quantitative estimate of drug-likeness (QED) is 0.720. The molecule has 3 aromatic heterocycles. The van der Waals surface area contributed by atoms with Crippen molar-refractivity contribution in [2.45, 2.75) is 53.2 Å². The zero-order valence-corrected chi connectivity index (χ0v) is 16.2. The zero-order chi connectivity index (χ0) is 18.4. The van der Waals surface area contributed by atoms with Gasteiger partial charge >= 0.3 is 0 Å². The Morgan fingerprint density at radius 3 is 2.65 bits per heavy atom. The fourth-order valence-electron chi connectivity index (χ4n) is 3.74. The summed E-state index contributed by atoms with van der Waals surface area (Å²) >= 11 is 0. The standard InChI is InChI=1S/C19H26N6O/c1-12(2)25-17-6-7-24(10-15-9-23(5)21-14(15)4)11-16(17)18(22-25)19-20-8-13(3)26-19/h8-9,12H,6-7,10-11H2,1-5H3. The Labute approximate surface area is 153 Å². The lowest BCUT2D eigenvalue weighted by atomic mass is 10.0. The highest BCUT2D eigenvalue weighted by atomic mass is 16.4. The molecule has 1 aliphatic rings. The number of hydrogen-bond donors (Lipinski definition) is 0. The lowest BCUT2D eigenvalue weighted by Gasteiger charge is -2.28. The number of oxazole rings is 1. The Morgan fingerprint density at radius 2 is 2.04 bits per heavy atom. The number of fused-ring (bicyclic) bond motifs is 1. The van der Waals surface area contributed by atoms with E-state index in [0.29, 0.717) is 11.9 Å². The van der Waals surface area contributed by atoms with Crippen LogP contribution in [-0.4, -0.2) is 36.0 Å². The van der Waals surface area contributed by atoms with E-state index in [-0.39, 0.29) is 0 Å². The number of aromatic nitrogens is 5. The number of rotatable bonds is 4. The highest BCUT2D eigenvalue weighted by molar-refractivity contribution is 5.55. The molecule has 0 aliphatic carbocycles. The van der Waals surface area contributed by atoms with Gasteiger partial charge in [0, 0.05) is 62.2 Å². The van der Waals surface area contributed by atoms with Crippen molar-refractivity contribution in [3.63, 3.8) is 0 Å². The predicted octanol–water partition coefficient (Wildman–Crippen LogP) is 3.03. The van der Waals surface area contributed by atoms with Gasteiger partial charge in [0.25, 0.3) is 0 Å². The Morgan fingerprint density at radius 1 is 1.23 bits per heavy atom. The molecular formula is C19H26N6O. The van der Waals surface area contributed by atoms with E-state index in [4.69, 9.17) is 9.52 Å². The van der Waals surface area contributed by atoms with Crippen molar-refractivity contribution in [3.8, 4) is 11.6 Å². The van der Waals surface area contributed by atoms with Crippen molar-refractivity contribution in [1.29, 1.82) is 0 Å². The van der Waals surface area contributed by atoms with Crippen molar-refractivity contribution in [3.05, 3.63) is 40.7 Å². The van der Waals surface area contributed by atoms with Gasteiger partial charge in [-0.15, -0.1) is 0 Å². The molecule has 0 spiro atoms. The molecule has 0 unspecified atom stereocenters. The number of aryl methyl sites for hydroxylation is 3. The predicted molar refractivity (Wildman–Crippen MR) is 98.6 cm³/mol. The van der Waals surface area contributed by atoms with Crippen LogP contribution in [0.1, 0.15) is 48.2 Å². The number of nitrogens with zero attached hydrogens (tertiary/aromatic N) is 6. The molecule has 26 heavy (non-hydrogen) atoms. The van der Waals surface area contributed by atoms with Crippen molar-refractivity contribution >= 4 is 0 Å². The molecule has 0 bridgehead atoms. The fraction of sp³-hybridized carbons (Fsp3) is 0.526. The van der Waals surface area contributed by atoms with Crippen molar-refractivity contribution < 1.29 is 4.42 Å². The maximum Gasteiger partial charge on any atom is 0.247 e.